The Morgan fingerprint density at radius 3 is 2.37 bits per heavy atom. The van der Waals surface area contributed by atoms with Crippen molar-refractivity contribution >= 4 is 17.9 Å². The quantitative estimate of drug-likeness (QED) is 0.879. The summed E-state index contributed by atoms with van der Waals surface area (Å²) in [5, 5.41) is 15.5. The van der Waals surface area contributed by atoms with E-state index in [9.17, 15) is 9.59 Å². The number of hydrogen-bond donors (Lipinski definition) is 2. The molecule has 1 aromatic heterocycles. The molecule has 0 aliphatic heterocycles. The number of nitrogens with one attached hydrogen (secondary N) is 1. The lowest BCUT2D eigenvalue weighted by Gasteiger charge is -2.19. The topological polar surface area (TPSA) is 93.5 Å². The van der Waals surface area contributed by atoms with E-state index in [1.807, 2.05) is 0 Å². The van der Waals surface area contributed by atoms with E-state index in [0.29, 0.717) is 0 Å². The van der Waals surface area contributed by atoms with E-state index in [4.69, 9.17) is 9.84 Å². The summed E-state index contributed by atoms with van der Waals surface area (Å²) in [5.41, 5.74) is -0.610. The van der Waals surface area contributed by atoms with Crippen LogP contribution in [0.2, 0.25) is 0 Å². The van der Waals surface area contributed by atoms with Gasteiger partial charge in [-0.3, -0.25) is 10.00 Å². The zero-order valence-corrected chi connectivity index (χ0v) is 11.7. The van der Waals surface area contributed by atoms with Gasteiger partial charge in [0.1, 0.15) is 11.3 Å². The smallest absolute Gasteiger partial charge is 0.413 e. The van der Waals surface area contributed by atoms with Gasteiger partial charge in [0.25, 0.3) is 0 Å². The van der Waals surface area contributed by atoms with Crippen LogP contribution < -0.4 is 5.32 Å². The van der Waals surface area contributed by atoms with Crippen LogP contribution in [-0.2, 0) is 4.74 Å². The summed E-state index contributed by atoms with van der Waals surface area (Å²) in [7, 11) is 0. The van der Waals surface area contributed by atoms with Gasteiger partial charge in [0, 0.05) is 12.1 Å². The fraction of sp³-hybridized carbons (Fsp3) is 0.583. The highest BCUT2D eigenvalue weighted by molar-refractivity contribution is 5.89. The monoisotopic (exact) mass is 269 g/mol. The lowest BCUT2D eigenvalue weighted by molar-refractivity contribution is 0.0632. The van der Waals surface area contributed by atoms with E-state index in [2.05, 4.69) is 10.4 Å². The maximum absolute atomic E-state index is 11.6. The summed E-state index contributed by atoms with van der Waals surface area (Å²) >= 11 is 0. The average molecular weight is 269 g/mol. The van der Waals surface area contributed by atoms with Crippen molar-refractivity contribution in [2.45, 2.75) is 46.3 Å². The molecule has 0 aliphatic rings. The zero-order valence-electron chi connectivity index (χ0n) is 11.7. The second-order valence-corrected chi connectivity index (χ2v) is 5.39. The number of carbonyl (C=O) groups is 2. The highest BCUT2D eigenvalue weighted by atomic mass is 16.6. The van der Waals surface area contributed by atoms with Gasteiger partial charge in [-0.15, -0.1) is 0 Å². The number of aromatic carboxylic acids is 1. The number of amides is 1. The minimum absolute atomic E-state index is 0.0149. The van der Waals surface area contributed by atoms with E-state index in [-0.39, 0.29) is 17.6 Å². The number of carboxylic acids is 1. The molecule has 7 nitrogen and oxygen atoms in total. The van der Waals surface area contributed by atoms with Crippen LogP contribution in [0.5, 0.6) is 0 Å². The SMILES string of the molecule is CC(C)n1nc(NC(=O)OC(C)(C)C)cc1C(=O)O. The van der Waals surface area contributed by atoms with Crippen LogP contribution in [-0.4, -0.2) is 32.6 Å². The van der Waals surface area contributed by atoms with Crippen LogP contribution in [0.1, 0.15) is 51.1 Å². The number of nitrogens with zero attached hydrogens (tertiary/aromatic N) is 2. The highest BCUT2D eigenvalue weighted by Crippen LogP contribution is 2.16. The van der Waals surface area contributed by atoms with Crippen molar-refractivity contribution in [3.8, 4) is 0 Å². The number of ether oxygens (including phenoxy) is 1. The number of hydrogen-bond acceptors (Lipinski definition) is 4. The Balaban J connectivity index is 2.89. The number of aromatic nitrogens is 2. The van der Waals surface area contributed by atoms with Gasteiger partial charge in [-0.05, 0) is 34.6 Å². The fourth-order valence-electron chi connectivity index (χ4n) is 1.42. The molecule has 1 heterocycles. The Kier molecular flexibility index (Phi) is 4.18. The molecule has 0 radical (unpaired) electrons. The highest BCUT2D eigenvalue weighted by Gasteiger charge is 2.20. The standard InChI is InChI=1S/C12H19N3O4/c1-7(2)15-8(10(16)17)6-9(14-15)13-11(18)19-12(3,4)5/h6-7H,1-5H3,(H,16,17)(H,13,14,18). The van der Waals surface area contributed by atoms with Crippen molar-refractivity contribution in [1.82, 2.24) is 9.78 Å². The first-order chi connectivity index (χ1) is 8.60. The number of carboxylic acid groups (broad SMARTS) is 1. The first-order valence-electron chi connectivity index (χ1n) is 5.93. The van der Waals surface area contributed by atoms with Gasteiger partial charge in [0.2, 0.25) is 0 Å². The predicted octanol–water partition coefficient (Wildman–Crippen LogP) is 2.51. The molecule has 1 rings (SSSR count). The minimum Gasteiger partial charge on any atom is -0.477 e. The Morgan fingerprint density at radius 2 is 2.00 bits per heavy atom. The minimum atomic E-state index is -1.10. The molecule has 1 aromatic rings. The van der Waals surface area contributed by atoms with E-state index >= 15 is 0 Å². The molecule has 0 aromatic carbocycles. The van der Waals surface area contributed by atoms with Gasteiger partial charge < -0.3 is 9.84 Å². The van der Waals surface area contributed by atoms with Gasteiger partial charge in [-0.1, -0.05) is 0 Å². The molecule has 0 aliphatic carbocycles. The van der Waals surface area contributed by atoms with Gasteiger partial charge >= 0.3 is 12.1 Å². The third-order valence-electron chi connectivity index (χ3n) is 2.07. The second-order valence-electron chi connectivity index (χ2n) is 5.39. The molecule has 19 heavy (non-hydrogen) atoms. The average Bonchev–Trinajstić information content (AvgIpc) is 2.58. The van der Waals surface area contributed by atoms with Crippen molar-refractivity contribution in [3.05, 3.63) is 11.8 Å². The molecule has 0 fully saturated rings. The summed E-state index contributed by atoms with van der Waals surface area (Å²) in [5.74, 6) is -0.946. The molecule has 2 N–H and O–H groups in total. The summed E-state index contributed by atoms with van der Waals surface area (Å²) in [6.07, 6.45) is -0.669. The maximum atomic E-state index is 11.6. The number of anilines is 1. The van der Waals surface area contributed by atoms with Crippen molar-refractivity contribution < 1.29 is 19.4 Å². The lowest BCUT2D eigenvalue weighted by Crippen LogP contribution is -2.27. The van der Waals surface area contributed by atoms with E-state index in [0.717, 1.165) is 0 Å². The Labute approximate surface area is 111 Å². The fourth-order valence-corrected chi connectivity index (χ4v) is 1.42. The molecule has 1 amide bonds. The summed E-state index contributed by atoms with van der Waals surface area (Å²) < 4.78 is 6.39. The van der Waals surface area contributed by atoms with Crippen LogP contribution >= 0.6 is 0 Å². The van der Waals surface area contributed by atoms with Crippen LogP contribution in [0, 0.1) is 0 Å². The Morgan fingerprint density at radius 1 is 1.42 bits per heavy atom. The summed E-state index contributed by atoms with van der Waals surface area (Å²) in [6.45, 7) is 8.82. The van der Waals surface area contributed by atoms with Crippen molar-refractivity contribution in [2.24, 2.45) is 0 Å². The summed E-state index contributed by atoms with van der Waals surface area (Å²) in [6, 6.07) is 1.17. The second kappa shape index (κ2) is 5.29. The van der Waals surface area contributed by atoms with Gasteiger partial charge in [0.15, 0.2) is 5.82 Å². The molecule has 0 saturated heterocycles. The van der Waals surface area contributed by atoms with Crippen molar-refractivity contribution in [2.75, 3.05) is 5.32 Å². The molecule has 0 unspecified atom stereocenters. The van der Waals surface area contributed by atoms with E-state index in [1.165, 1.54) is 10.7 Å². The van der Waals surface area contributed by atoms with Gasteiger partial charge in [-0.2, -0.15) is 5.10 Å². The largest absolute Gasteiger partial charge is 0.477 e. The molecule has 0 saturated carbocycles. The van der Waals surface area contributed by atoms with Crippen LogP contribution in [0.4, 0.5) is 10.6 Å². The molecule has 106 valence electrons. The first kappa shape index (κ1) is 15.0. The van der Waals surface area contributed by atoms with Crippen molar-refractivity contribution in [1.29, 1.82) is 0 Å². The number of rotatable bonds is 3. The van der Waals surface area contributed by atoms with Gasteiger partial charge in [-0.25, -0.2) is 9.59 Å². The predicted molar refractivity (Wildman–Crippen MR) is 69.4 cm³/mol. The Bertz CT molecular complexity index is 486. The summed E-state index contributed by atoms with van der Waals surface area (Å²) in [4.78, 5) is 22.6. The first-order valence-corrected chi connectivity index (χ1v) is 5.93. The molecule has 0 bridgehead atoms. The molecule has 0 atom stereocenters. The van der Waals surface area contributed by atoms with Crippen LogP contribution in [0.15, 0.2) is 6.07 Å². The third kappa shape index (κ3) is 4.27. The van der Waals surface area contributed by atoms with Crippen LogP contribution in [0.25, 0.3) is 0 Å². The normalized spacial score (nSPS) is 11.5. The maximum Gasteiger partial charge on any atom is 0.413 e. The third-order valence-corrected chi connectivity index (χ3v) is 2.07. The molecule has 0 spiro atoms. The number of carbonyl (C=O) groups excluding carboxylic acids is 1. The zero-order chi connectivity index (χ0) is 14.8. The van der Waals surface area contributed by atoms with Gasteiger partial charge in [0.05, 0.1) is 0 Å². The lowest BCUT2D eigenvalue weighted by atomic mass is 10.2. The van der Waals surface area contributed by atoms with E-state index < -0.39 is 17.7 Å². The molecular weight excluding hydrogens is 250 g/mol. The van der Waals surface area contributed by atoms with E-state index in [1.54, 1.807) is 34.6 Å². The van der Waals surface area contributed by atoms with Crippen LogP contribution in [0.3, 0.4) is 0 Å². The molecule has 7 heteroatoms. The van der Waals surface area contributed by atoms with Crippen molar-refractivity contribution in [3.63, 3.8) is 0 Å². The Hall–Kier alpha value is -2.05. The molecular formula is C12H19N3O4.